The number of hydrogen-bond donors (Lipinski definition) is 0. The van der Waals surface area contributed by atoms with Crippen molar-refractivity contribution in [2.75, 3.05) is 32.7 Å². The number of likely N-dealkylation sites (tertiary alicyclic amines) is 1. The highest BCUT2D eigenvalue weighted by atomic mass is 31.0. The van der Waals surface area contributed by atoms with Gasteiger partial charge < -0.3 is 4.90 Å². The van der Waals surface area contributed by atoms with Gasteiger partial charge in [0, 0.05) is 38.3 Å². The van der Waals surface area contributed by atoms with E-state index in [1.807, 2.05) is 0 Å². The SMILES string of the molecule is BC[C@H]1CN(P)[C@H](C)CN1CC(=O)N1CCC(C)(C)C1. The van der Waals surface area contributed by atoms with Gasteiger partial charge in [-0.05, 0) is 18.8 Å². The second-order valence-corrected chi connectivity index (χ2v) is 7.93. The molecule has 0 aromatic carbocycles. The molecule has 6 heteroatoms. The zero-order valence-corrected chi connectivity index (χ0v) is 14.6. The molecule has 4 nitrogen and oxygen atoms in total. The molecule has 0 aromatic rings. The van der Waals surface area contributed by atoms with E-state index in [9.17, 15) is 4.79 Å². The van der Waals surface area contributed by atoms with E-state index >= 15 is 0 Å². The fourth-order valence-electron chi connectivity index (χ4n) is 3.31. The van der Waals surface area contributed by atoms with Gasteiger partial charge in [-0.2, -0.15) is 0 Å². The summed E-state index contributed by atoms with van der Waals surface area (Å²) in [6, 6.07) is 1.01. The smallest absolute Gasteiger partial charge is 0.236 e. The minimum Gasteiger partial charge on any atom is -0.341 e. The lowest BCUT2D eigenvalue weighted by molar-refractivity contribution is -0.132. The van der Waals surface area contributed by atoms with Crippen LogP contribution in [0.1, 0.15) is 27.2 Å². The highest BCUT2D eigenvalue weighted by Crippen LogP contribution is 2.29. The van der Waals surface area contributed by atoms with Crippen LogP contribution in [-0.2, 0) is 4.79 Å². The summed E-state index contributed by atoms with van der Waals surface area (Å²) in [5.41, 5.74) is 0.297. The van der Waals surface area contributed by atoms with Gasteiger partial charge in [0.1, 0.15) is 7.85 Å². The summed E-state index contributed by atoms with van der Waals surface area (Å²) < 4.78 is 2.33. The summed E-state index contributed by atoms with van der Waals surface area (Å²) >= 11 is 0. The largest absolute Gasteiger partial charge is 0.341 e. The van der Waals surface area contributed by atoms with Crippen LogP contribution in [0.5, 0.6) is 0 Å². The van der Waals surface area contributed by atoms with E-state index in [4.69, 9.17) is 0 Å². The van der Waals surface area contributed by atoms with E-state index < -0.39 is 0 Å². The van der Waals surface area contributed by atoms with Crippen molar-refractivity contribution < 1.29 is 4.79 Å². The zero-order chi connectivity index (χ0) is 14.9. The predicted octanol–water partition coefficient (Wildman–Crippen LogP) is 0.461. The molecule has 114 valence electrons. The number of piperazine rings is 1. The van der Waals surface area contributed by atoms with Gasteiger partial charge in [0.15, 0.2) is 0 Å². The quantitative estimate of drug-likeness (QED) is 0.559. The molecule has 2 rings (SSSR count). The zero-order valence-electron chi connectivity index (χ0n) is 13.4. The van der Waals surface area contributed by atoms with E-state index in [2.05, 4.69) is 52.5 Å². The van der Waals surface area contributed by atoms with Crippen LogP contribution in [0.25, 0.3) is 0 Å². The molecule has 2 fully saturated rings. The monoisotopic (exact) mass is 297 g/mol. The maximum absolute atomic E-state index is 12.5. The Labute approximate surface area is 126 Å². The number of carbonyl (C=O) groups excluding carboxylic acids is 1. The van der Waals surface area contributed by atoms with Gasteiger partial charge in [-0.25, -0.2) is 0 Å². The Balaban J connectivity index is 1.93. The third-order valence-corrected chi connectivity index (χ3v) is 5.56. The molecule has 3 atom stereocenters. The fraction of sp³-hybridized carbons (Fsp3) is 0.929. The predicted molar refractivity (Wildman–Crippen MR) is 89.6 cm³/mol. The Hall–Kier alpha value is -0.115. The molecule has 2 saturated heterocycles. The number of hydrogen-bond acceptors (Lipinski definition) is 3. The van der Waals surface area contributed by atoms with E-state index in [-0.39, 0.29) is 0 Å². The number of rotatable bonds is 3. The molecule has 1 amide bonds. The fourth-order valence-corrected chi connectivity index (χ4v) is 3.65. The van der Waals surface area contributed by atoms with Crippen molar-refractivity contribution in [2.24, 2.45) is 5.41 Å². The van der Waals surface area contributed by atoms with Crippen LogP contribution in [0, 0.1) is 5.41 Å². The Bertz CT molecular complexity index is 366. The first-order valence-corrected chi connectivity index (χ1v) is 8.37. The Morgan fingerprint density at radius 2 is 2.10 bits per heavy atom. The lowest BCUT2D eigenvalue weighted by Gasteiger charge is -2.43. The lowest BCUT2D eigenvalue weighted by Crippen LogP contribution is -2.56. The summed E-state index contributed by atoms with van der Waals surface area (Å²) in [5, 5.41) is 0. The van der Waals surface area contributed by atoms with Crippen molar-refractivity contribution in [1.29, 1.82) is 0 Å². The van der Waals surface area contributed by atoms with Crippen LogP contribution >= 0.6 is 9.39 Å². The summed E-state index contributed by atoms with van der Waals surface area (Å²) in [4.78, 5) is 17.0. The molecule has 0 aliphatic carbocycles. The summed E-state index contributed by atoms with van der Waals surface area (Å²) in [6.07, 6.45) is 2.24. The van der Waals surface area contributed by atoms with Crippen LogP contribution in [0.4, 0.5) is 0 Å². The van der Waals surface area contributed by atoms with Crippen molar-refractivity contribution in [3.63, 3.8) is 0 Å². The topological polar surface area (TPSA) is 26.8 Å². The molecule has 0 spiro atoms. The minimum absolute atomic E-state index is 0.297. The molecule has 0 aromatic heterocycles. The highest BCUT2D eigenvalue weighted by Gasteiger charge is 2.35. The van der Waals surface area contributed by atoms with Crippen LogP contribution in [-0.4, -0.2) is 73.0 Å². The van der Waals surface area contributed by atoms with Gasteiger partial charge in [0.25, 0.3) is 0 Å². The standard InChI is InChI=1S/C14H29BN3OP/c1-11-7-17(12(6-15)8-18(11)20)9-13(19)16-5-4-14(2,3)10-16/h11-12H,4-10,15,20H2,1-3H3/t11-,12+/m1/s1. The summed E-state index contributed by atoms with van der Waals surface area (Å²) in [7, 11) is 5.04. The molecule has 2 aliphatic rings. The molecule has 0 bridgehead atoms. The van der Waals surface area contributed by atoms with E-state index in [1.165, 1.54) is 0 Å². The van der Waals surface area contributed by atoms with Crippen molar-refractivity contribution >= 4 is 23.1 Å². The maximum atomic E-state index is 12.5. The van der Waals surface area contributed by atoms with Crippen LogP contribution in [0.2, 0.25) is 6.32 Å². The second kappa shape index (κ2) is 6.33. The lowest BCUT2D eigenvalue weighted by atomic mass is 9.93. The second-order valence-electron chi connectivity index (χ2n) is 7.27. The van der Waals surface area contributed by atoms with Crippen LogP contribution in [0.15, 0.2) is 0 Å². The molecular formula is C14H29BN3OP. The number of amides is 1. The normalized spacial score (nSPS) is 31.7. The molecule has 1 unspecified atom stereocenters. The van der Waals surface area contributed by atoms with Crippen LogP contribution in [0.3, 0.4) is 0 Å². The number of carbonyl (C=O) groups is 1. The van der Waals surface area contributed by atoms with Gasteiger partial charge in [-0.15, -0.1) is 0 Å². The van der Waals surface area contributed by atoms with E-state index in [1.54, 1.807) is 0 Å². The van der Waals surface area contributed by atoms with Crippen molar-refractivity contribution in [3.8, 4) is 0 Å². The van der Waals surface area contributed by atoms with Gasteiger partial charge in [-0.3, -0.25) is 14.4 Å². The highest BCUT2D eigenvalue weighted by molar-refractivity contribution is 7.13. The molecule has 2 heterocycles. The van der Waals surface area contributed by atoms with Crippen LogP contribution < -0.4 is 0 Å². The minimum atomic E-state index is 0.297. The van der Waals surface area contributed by atoms with Gasteiger partial charge in [0.05, 0.1) is 6.54 Å². The molecule has 2 aliphatic heterocycles. The summed E-state index contributed by atoms with van der Waals surface area (Å²) in [5.74, 6) is 0.318. The third-order valence-electron chi connectivity index (χ3n) is 4.84. The first-order valence-electron chi connectivity index (χ1n) is 7.85. The van der Waals surface area contributed by atoms with Gasteiger partial charge in [0.2, 0.25) is 5.91 Å². The number of nitrogens with zero attached hydrogens (tertiary/aromatic N) is 3. The van der Waals surface area contributed by atoms with Crippen molar-refractivity contribution in [3.05, 3.63) is 0 Å². The average Bonchev–Trinajstić information content (AvgIpc) is 2.74. The van der Waals surface area contributed by atoms with Crippen molar-refractivity contribution in [1.82, 2.24) is 14.5 Å². The maximum Gasteiger partial charge on any atom is 0.236 e. The van der Waals surface area contributed by atoms with Gasteiger partial charge in [-0.1, -0.05) is 29.6 Å². The Morgan fingerprint density at radius 3 is 2.65 bits per heavy atom. The van der Waals surface area contributed by atoms with Crippen molar-refractivity contribution in [2.45, 2.75) is 45.6 Å². The average molecular weight is 297 g/mol. The molecule has 0 N–H and O–H groups in total. The summed E-state index contributed by atoms with van der Waals surface area (Å²) in [6.45, 7) is 11.2. The molecular weight excluding hydrogens is 268 g/mol. The van der Waals surface area contributed by atoms with Gasteiger partial charge >= 0.3 is 0 Å². The molecule has 0 radical (unpaired) electrons. The Morgan fingerprint density at radius 1 is 1.40 bits per heavy atom. The Kier molecular flexibility index (Phi) is 5.15. The first-order chi connectivity index (χ1) is 9.32. The molecule has 20 heavy (non-hydrogen) atoms. The first kappa shape index (κ1) is 16.3. The third kappa shape index (κ3) is 3.75. The molecule has 0 saturated carbocycles. The van der Waals surface area contributed by atoms with E-state index in [0.29, 0.717) is 30.0 Å². The van der Waals surface area contributed by atoms with E-state index in [0.717, 1.165) is 38.9 Å².